The molecule has 142 valence electrons. The van der Waals surface area contributed by atoms with Crippen LogP contribution in [-0.2, 0) is 0 Å². The zero-order chi connectivity index (χ0) is 19.6. The molecule has 0 spiro atoms. The van der Waals surface area contributed by atoms with Crippen LogP contribution in [0.5, 0.6) is 0 Å². The van der Waals surface area contributed by atoms with Gasteiger partial charge in [0.2, 0.25) is 0 Å². The quantitative estimate of drug-likeness (QED) is 0.462. The highest BCUT2D eigenvalue weighted by Crippen LogP contribution is 2.31. The van der Waals surface area contributed by atoms with Gasteiger partial charge in [-0.3, -0.25) is 14.9 Å². The summed E-state index contributed by atoms with van der Waals surface area (Å²) in [6, 6.07) is 6.20. The van der Waals surface area contributed by atoms with E-state index < -0.39 is 22.5 Å². The molecule has 0 unspecified atom stereocenters. The van der Waals surface area contributed by atoms with E-state index in [9.17, 15) is 23.7 Å². The third-order valence-corrected chi connectivity index (χ3v) is 5.07. The van der Waals surface area contributed by atoms with Crippen LogP contribution in [0.2, 0.25) is 0 Å². The Hall–Kier alpha value is -2.68. The Labute approximate surface area is 158 Å². The van der Waals surface area contributed by atoms with Crippen molar-refractivity contribution in [1.29, 1.82) is 0 Å². The van der Waals surface area contributed by atoms with E-state index in [4.69, 9.17) is 0 Å². The fourth-order valence-electron chi connectivity index (χ4n) is 3.06. The molecule has 3 rings (SSSR count). The number of hydrogen-bond donors (Lipinski definition) is 1. The lowest BCUT2D eigenvalue weighted by Gasteiger charge is -2.19. The number of thioether (sulfide) groups is 1. The van der Waals surface area contributed by atoms with Gasteiger partial charge in [0.1, 0.15) is 11.3 Å². The van der Waals surface area contributed by atoms with Gasteiger partial charge in [-0.05, 0) is 43.4 Å². The number of carbonyl (C=O) groups is 1. The Morgan fingerprint density at radius 3 is 2.37 bits per heavy atom. The van der Waals surface area contributed by atoms with Gasteiger partial charge in [-0.15, -0.1) is 11.8 Å². The molecule has 0 bridgehead atoms. The Morgan fingerprint density at radius 1 is 1.19 bits per heavy atom. The summed E-state index contributed by atoms with van der Waals surface area (Å²) in [5.74, 6) is -2.36. The number of amides is 1. The molecular formula is C18H17F2N3O3S. The normalized spacial score (nSPS) is 13.7. The maximum Gasteiger partial charge on any atom is 0.282 e. The summed E-state index contributed by atoms with van der Waals surface area (Å²) in [5.41, 5.74) is -0.751. The van der Waals surface area contributed by atoms with Gasteiger partial charge in [0.15, 0.2) is 11.6 Å². The van der Waals surface area contributed by atoms with E-state index in [0.717, 1.165) is 25.0 Å². The Kier molecular flexibility index (Phi) is 5.59. The van der Waals surface area contributed by atoms with Crippen LogP contribution in [0, 0.1) is 21.7 Å². The van der Waals surface area contributed by atoms with Crippen molar-refractivity contribution in [2.24, 2.45) is 0 Å². The summed E-state index contributed by atoms with van der Waals surface area (Å²) in [7, 11) is 0. The maximum absolute atomic E-state index is 14.4. The second kappa shape index (κ2) is 7.91. The lowest BCUT2D eigenvalue weighted by Crippen LogP contribution is -2.21. The summed E-state index contributed by atoms with van der Waals surface area (Å²) >= 11 is 1.32. The van der Waals surface area contributed by atoms with Crippen molar-refractivity contribution < 1.29 is 18.5 Å². The standard InChI is InChI=1S/C18H17F2N3O3S/c1-27-12-4-5-16(23(25)26)13(10-12)18(24)21-11-8-14(19)17(15(20)9-11)22-6-2-3-7-22/h4-5,8-10H,2-3,6-7H2,1H3,(H,21,24). The van der Waals surface area contributed by atoms with Crippen molar-refractivity contribution in [3.63, 3.8) is 0 Å². The molecular weight excluding hydrogens is 376 g/mol. The molecule has 0 radical (unpaired) electrons. The molecule has 1 saturated heterocycles. The van der Waals surface area contributed by atoms with Gasteiger partial charge in [0, 0.05) is 29.7 Å². The molecule has 1 fully saturated rings. The minimum Gasteiger partial charge on any atom is -0.367 e. The third-order valence-electron chi connectivity index (χ3n) is 4.34. The number of halogens is 2. The number of nitrogens with zero attached hydrogens (tertiary/aromatic N) is 2. The van der Waals surface area contributed by atoms with Gasteiger partial charge in [0.25, 0.3) is 11.6 Å². The van der Waals surface area contributed by atoms with Gasteiger partial charge in [0.05, 0.1) is 4.92 Å². The summed E-state index contributed by atoms with van der Waals surface area (Å²) in [4.78, 5) is 25.3. The average molecular weight is 393 g/mol. The number of carbonyl (C=O) groups excluding carboxylic acids is 1. The minimum absolute atomic E-state index is 0.0956. The van der Waals surface area contributed by atoms with E-state index in [1.165, 1.54) is 30.0 Å². The van der Waals surface area contributed by atoms with Gasteiger partial charge in [-0.2, -0.15) is 0 Å². The number of nitro benzene ring substituents is 1. The SMILES string of the molecule is CSc1ccc([N+](=O)[O-])c(C(=O)Nc2cc(F)c(N3CCCC3)c(F)c2)c1. The van der Waals surface area contributed by atoms with Gasteiger partial charge in [-0.25, -0.2) is 8.78 Å². The topological polar surface area (TPSA) is 75.5 Å². The van der Waals surface area contributed by atoms with E-state index in [0.29, 0.717) is 18.0 Å². The third kappa shape index (κ3) is 4.02. The highest BCUT2D eigenvalue weighted by atomic mass is 32.2. The minimum atomic E-state index is -0.801. The van der Waals surface area contributed by atoms with Crippen molar-refractivity contribution in [2.75, 3.05) is 29.6 Å². The van der Waals surface area contributed by atoms with Crippen LogP contribution in [0.3, 0.4) is 0 Å². The van der Waals surface area contributed by atoms with Crippen molar-refractivity contribution in [3.8, 4) is 0 Å². The number of nitro groups is 1. The summed E-state index contributed by atoms with van der Waals surface area (Å²) in [6.07, 6.45) is 3.50. The van der Waals surface area contributed by atoms with Crippen LogP contribution in [-0.4, -0.2) is 30.2 Å². The molecule has 6 nitrogen and oxygen atoms in total. The van der Waals surface area contributed by atoms with Gasteiger partial charge < -0.3 is 10.2 Å². The average Bonchev–Trinajstić information content (AvgIpc) is 3.14. The number of nitrogens with one attached hydrogen (secondary N) is 1. The van der Waals surface area contributed by atoms with E-state index in [1.54, 1.807) is 11.2 Å². The first-order valence-electron chi connectivity index (χ1n) is 8.28. The van der Waals surface area contributed by atoms with Crippen LogP contribution in [0.25, 0.3) is 0 Å². The fraction of sp³-hybridized carbons (Fsp3) is 0.278. The van der Waals surface area contributed by atoms with E-state index in [2.05, 4.69) is 5.32 Å². The molecule has 1 N–H and O–H groups in total. The van der Waals surface area contributed by atoms with Gasteiger partial charge >= 0.3 is 0 Å². The summed E-state index contributed by atoms with van der Waals surface area (Å²) in [5, 5.41) is 13.5. The molecule has 0 aromatic heterocycles. The molecule has 1 aliphatic rings. The number of rotatable bonds is 5. The van der Waals surface area contributed by atoms with Crippen molar-refractivity contribution in [2.45, 2.75) is 17.7 Å². The van der Waals surface area contributed by atoms with E-state index in [1.807, 2.05) is 0 Å². The molecule has 27 heavy (non-hydrogen) atoms. The van der Waals surface area contributed by atoms with Gasteiger partial charge in [-0.1, -0.05) is 0 Å². The number of hydrogen-bond acceptors (Lipinski definition) is 5. The Balaban J connectivity index is 1.89. The zero-order valence-electron chi connectivity index (χ0n) is 14.5. The second-order valence-corrected chi connectivity index (χ2v) is 6.96. The van der Waals surface area contributed by atoms with Crippen molar-refractivity contribution in [3.05, 3.63) is 57.6 Å². The molecule has 9 heteroatoms. The Bertz CT molecular complexity index is 878. The molecule has 0 aliphatic carbocycles. The summed E-state index contributed by atoms with van der Waals surface area (Å²) < 4.78 is 28.8. The highest BCUT2D eigenvalue weighted by Gasteiger charge is 2.24. The number of benzene rings is 2. The van der Waals surface area contributed by atoms with Crippen LogP contribution >= 0.6 is 11.8 Å². The van der Waals surface area contributed by atoms with E-state index in [-0.39, 0.29) is 22.6 Å². The van der Waals surface area contributed by atoms with Crippen molar-refractivity contribution >= 4 is 34.7 Å². The predicted octanol–water partition coefficient (Wildman–Crippen LogP) is 4.45. The zero-order valence-corrected chi connectivity index (χ0v) is 15.3. The predicted molar refractivity (Wildman–Crippen MR) is 101 cm³/mol. The molecule has 2 aromatic rings. The highest BCUT2D eigenvalue weighted by molar-refractivity contribution is 7.98. The van der Waals surface area contributed by atoms with Crippen molar-refractivity contribution in [1.82, 2.24) is 0 Å². The maximum atomic E-state index is 14.4. The summed E-state index contributed by atoms with van der Waals surface area (Å²) in [6.45, 7) is 1.15. The largest absolute Gasteiger partial charge is 0.367 e. The van der Waals surface area contributed by atoms with E-state index >= 15 is 0 Å². The Morgan fingerprint density at radius 2 is 1.81 bits per heavy atom. The molecule has 1 aliphatic heterocycles. The first-order valence-corrected chi connectivity index (χ1v) is 9.51. The van der Waals surface area contributed by atoms with Crippen LogP contribution in [0.15, 0.2) is 35.2 Å². The molecule has 0 saturated carbocycles. The molecule has 1 heterocycles. The molecule has 0 atom stereocenters. The van der Waals surface area contributed by atoms with Crippen LogP contribution in [0.1, 0.15) is 23.2 Å². The first-order chi connectivity index (χ1) is 12.9. The molecule has 1 amide bonds. The molecule has 2 aromatic carbocycles. The monoisotopic (exact) mass is 393 g/mol. The first kappa shape index (κ1) is 19.1. The fourth-order valence-corrected chi connectivity index (χ4v) is 3.50. The second-order valence-electron chi connectivity index (χ2n) is 6.08. The lowest BCUT2D eigenvalue weighted by atomic mass is 10.1. The van der Waals surface area contributed by atoms with Crippen LogP contribution in [0.4, 0.5) is 25.8 Å². The number of anilines is 2. The van der Waals surface area contributed by atoms with Crippen LogP contribution < -0.4 is 10.2 Å². The smallest absolute Gasteiger partial charge is 0.282 e. The lowest BCUT2D eigenvalue weighted by molar-refractivity contribution is -0.385.